The monoisotopic (exact) mass is 213 g/mol. The molecule has 2 N–H and O–H groups in total. The minimum Gasteiger partial charge on any atom is -0.330 e. The molecule has 3 heteroatoms. The molecule has 0 aliphatic carbocycles. The summed E-state index contributed by atoms with van der Waals surface area (Å²) in [4.78, 5) is 8.65. The van der Waals surface area contributed by atoms with E-state index in [0.717, 1.165) is 24.2 Å². The van der Waals surface area contributed by atoms with Crippen LogP contribution in [0.25, 0.3) is 0 Å². The largest absolute Gasteiger partial charge is 0.330 e. The van der Waals surface area contributed by atoms with E-state index < -0.39 is 0 Å². The van der Waals surface area contributed by atoms with Crippen LogP contribution in [0.4, 0.5) is 0 Å². The molecular formula is C13H15N3. The summed E-state index contributed by atoms with van der Waals surface area (Å²) in [7, 11) is 0. The van der Waals surface area contributed by atoms with Crippen LogP contribution in [-0.2, 0) is 12.8 Å². The lowest BCUT2D eigenvalue weighted by Gasteiger charge is -2.01. The van der Waals surface area contributed by atoms with E-state index in [1.54, 1.807) is 0 Å². The van der Waals surface area contributed by atoms with Crippen molar-refractivity contribution < 1.29 is 0 Å². The average Bonchev–Trinajstić information content (AvgIpc) is 2.33. The van der Waals surface area contributed by atoms with Crippen LogP contribution in [0.2, 0.25) is 0 Å². The Hall–Kier alpha value is -1.74. The van der Waals surface area contributed by atoms with E-state index in [4.69, 9.17) is 5.73 Å². The second-order valence-corrected chi connectivity index (χ2v) is 3.71. The SMILES string of the molecule is NCCc1cnc(Cc2ccccc2)nc1. The Morgan fingerprint density at radius 1 is 0.938 bits per heavy atom. The predicted octanol–water partition coefficient (Wildman–Crippen LogP) is 1.57. The van der Waals surface area contributed by atoms with Crippen molar-refractivity contribution in [3.63, 3.8) is 0 Å². The maximum absolute atomic E-state index is 5.47. The summed E-state index contributed by atoms with van der Waals surface area (Å²) in [6.07, 6.45) is 5.34. The van der Waals surface area contributed by atoms with Crippen molar-refractivity contribution in [3.05, 3.63) is 59.7 Å². The fourth-order valence-corrected chi connectivity index (χ4v) is 1.55. The van der Waals surface area contributed by atoms with Gasteiger partial charge in [-0.3, -0.25) is 0 Å². The molecule has 0 aliphatic rings. The zero-order chi connectivity index (χ0) is 11.2. The summed E-state index contributed by atoms with van der Waals surface area (Å²) in [6, 6.07) is 10.2. The van der Waals surface area contributed by atoms with Crippen LogP contribution in [-0.4, -0.2) is 16.5 Å². The Morgan fingerprint density at radius 3 is 2.25 bits per heavy atom. The third-order valence-electron chi connectivity index (χ3n) is 2.40. The van der Waals surface area contributed by atoms with E-state index in [1.807, 2.05) is 30.6 Å². The lowest BCUT2D eigenvalue weighted by atomic mass is 10.1. The van der Waals surface area contributed by atoms with Gasteiger partial charge in [-0.05, 0) is 24.1 Å². The third kappa shape index (κ3) is 2.87. The Bertz CT molecular complexity index is 423. The first-order valence-electron chi connectivity index (χ1n) is 5.42. The van der Waals surface area contributed by atoms with Gasteiger partial charge in [0.15, 0.2) is 0 Å². The molecule has 2 rings (SSSR count). The van der Waals surface area contributed by atoms with Crippen LogP contribution >= 0.6 is 0 Å². The Morgan fingerprint density at radius 2 is 1.62 bits per heavy atom. The van der Waals surface area contributed by atoms with Gasteiger partial charge in [0.25, 0.3) is 0 Å². The van der Waals surface area contributed by atoms with Gasteiger partial charge in [0.2, 0.25) is 0 Å². The van der Waals surface area contributed by atoms with Gasteiger partial charge in [-0.1, -0.05) is 30.3 Å². The molecular weight excluding hydrogens is 198 g/mol. The summed E-state index contributed by atoms with van der Waals surface area (Å²) < 4.78 is 0. The average molecular weight is 213 g/mol. The topological polar surface area (TPSA) is 51.8 Å². The Kier molecular flexibility index (Phi) is 3.62. The molecule has 1 aromatic heterocycles. The molecule has 0 spiro atoms. The zero-order valence-electron chi connectivity index (χ0n) is 9.13. The van der Waals surface area contributed by atoms with Gasteiger partial charge >= 0.3 is 0 Å². The Balaban J connectivity index is 2.05. The zero-order valence-corrected chi connectivity index (χ0v) is 9.13. The Labute approximate surface area is 95.4 Å². The molecule has 0 amide bonds. The number of nitrogens with two attached hydrogens (primary N) is 1. The molecule has 0 radical (unpaired) electrons. The number of nitrogens with zero attached hydrogens (tertiary/aromatic N) is 2. The van der Waals surface area contributed by atoms with Crippen LogP contribution in [0.3, 0.4) is 0 Å². The van der Waals surface area contributed by atoms with Crippen molar-refractivity contribution in [3.8, 4) is 0 Å². The summed E-state index contributed by atoms with van der Waals surface area (Å²) in [5, 5.41) is 0. The van der Waals surface area contributed by atoms with Gasteiger partial charge < -0.3 is 5.73 Å². The van der Waals surface area contributed by atoms with E-state index >= 15 is 0 Å². The van der Waals surface area contributed by atoms with Crippen molar-refractivity contribution >= 4 is 0 Å². The first-order chi connectivity index (χ1) is 7.88. The molecule has 0 bridgehead atoms. The highest BCUT2D eigenvalue weighted by atomic mass is 14.9. The number of hydrogen-bond donors (Lipinski definition) is 1. The first-order valence-corrected chi connectivity index (χ1v) is 5.42. The van der Waals surface area contributed by atoms with Crippen molar-refractivity contribution in [2.45, 2.75) is 12.8 Å². The van der Waals surface area contributed by atoms with Gasteiger partial charge in [0.1, 0.15) is 5.82 Å². The fraction of sp³-hybridized carbons (Fsp3) is 0.231. The highest BCUT2D eigenvalue weighted by Gasteiger charge is 1.99. The van der Waals surface area contributed by atoms with Crippen LogP contribution < -0.4 is 5.73 Å². The molecule has 0 fully saturated rings. The maximum atomic E-state index is 5.47. The number of benzene rings is 1. The molecule has 3 nitrogen and oxygen atoms in total. The molecule has 0 aliphatic heterocycles. The van der Waals surface area contributed by atoms with E-state index in [-0.39, 0.29) is 0 Å². The lowest BCUT2D eigenvalue weighted by molar-refractivity contribution is 0.901. The van der Waals surface area contributed by atoms with Crippen LogP contribution in [0.1, 0.15) is 17.0 Å². The molecule has 1 aromatic carbocycles. The highest BCUT2D eigenvalue weighted by molar-refractivity contribution is 5.19. The van der Waals surface area contributed by atoms with E-state index in [1.165, 1.54) is 5.56 Å². The van der Waals surface area contributed by atoms with Crippen LogP contribution in [0.5, 0.6) is 0 Å². The molecule has 0 unspecified atom stereocenters. The molecule has 16 heavy (non-hydrogen) atoms. The van der Waals surface area contributed by atoms with Crippen molar-refractivity contribution in [1.82, 2.24) is 9.97 Å². The smallest absolute Gasteiger partial charge is 0.132 e. The maximum Gasteiger partial charge on any atom is 0.132 e. The third-order valence-corrected chi connectivity index (χ3v) is 2.40. The van der Waals surface area contributed by atoms with E-state index in [0.29, 0.717) is 6.54 Å². The molecule has 2 aromatic rings. The minimum atomic E-state index is 0.640. The second-order valence-electron chi connectivity index (χ2n) is 3.71. The highest BCUT2D eigenvalue weighted by Crippen LogP contribution is 2.05. The van der Waals surface area contributed by atoms with Gasteiger partial charge in [0.05, 0.1) is 0 Å². The molecule has 0 saturated carbocycles. The first kappa shape index (κ1) is 10.8. The van der Waals surface area contributed by atoms with Crippen LogP contribution in [0.15, 0.2) is 42.7 Å². The molecule has 0 saturated heterocycles. The summed E-state index contributed by atoms with van der Waals surface area (Å²) in [6.45, 7) is 0.640. The quantitative estimate of drug-likeness (QED) is 0.838. The number of rotatable bonds is 4. The minimum absolute atomic E-state index is 0.640. The standard InChI is InChI=1S/C13H15N3/c14-7-6-12-9-15-13(16-10-12)8-11-4-2-1-3-5-11/h1-5,9-10H,6-8,14H2. The molecule has 0 atom stereocenters. The van der Waals surface area contributed by atoms with Crippen molar-refractivity contribution in [1.29, 1.82) is 0 Å². The summed E-state index contributed by atoms with van der Waals surface area (Å²) >= 11 is 0. The van der Waals surface area contributed by atoms with Crippen LogP contribution in [0, 0.1) is 0 Å². The van der Waals surface area contributed by atoms with E-state index in [2.05, 4.69) is 22.1 Å². The molecule has 82 valence electrons. The van der Waals surface area contributed by atoms with Gasteiger partial charge in [-0.2, -0.15) is 0 Å². The normalized spacial score (nSPS) is 10.3. The predicted molar refractivity (Wildman–Crippen MR) is 64.0 cm³/mol. The van der Waals surface area contributed by atoms with Gasteiger partial charge in [0, 0.05) is 18.8 Å². The number of hydrogen-bond acceptors (Lipinski definition) is 3. The van der Waals surface area contributed by atoms with Gasteiger partial charge in [-0.15, -0.1) is 0 Å². The van der Waals surface area contributed by atoms with E-state index in [9.17, 15) is 0 Å². The molecule has 1 heterocycles. The summed E-state index contributed by atoms with van der Waals surface area (Å²) in [5.74, 6) is 0.854. The van der Waals surface area contributed by atoms with Gasteiger partial charge in [-0.25, -0.2) is 9.97 Å². The fourth-order valence-electron chi connectivity index (χ4n) is 1.55. The summed E-state index contributed by atoms with van der Waals surface area (Å²) in [5.41, 5.74) is 7.79. The number of aromatic nitrogens is 2. The lowest BCUT2D eigenvalue weighted by Crippen LogP contribution is -2.04. The second kappa shape index (κ2) is 5.37. The van der Waals surface area contributed by atoms with Crippen molar-refractivity contribution in [2.75, 3.05) is 6.54 Å². The van der Waals surface area contributed by atoms with Crippen molar-refractivity contribution in [2.24, 2.45) is 5.73 Å².